The van der Waals surface area contributed by atoms with Gasteiger partial charge in [0.05, 0.1) is 30.7 Å². The first-order valence-electron chi connectivity index (χ1n) is 12.1. The molecule has 0 radical (unpaired) electrons. The van der Waals surface area contributed by atoms with Gasteiger partial charge >= 0.3 is 6.55 Å². The van der Waals surface area contributed by atoms with E-state index in [1.165, 1.54) is 36.2 Å². The molecule has 42 heavy (non-hydrogen) atoms. The number of ether oxygens (including phenoxy) is 1. The largest absolute Gasteiger partial charge is 0.495 e. The predicted octanol–water partition coefficient (Wildman–Crippen LogP) is 5.99. The number of aromatic nitrogens is 6. The number of alkyl halides is 4. The summed E-state index contributed by atoms with van der Waals surface area (Å²) in [6.45, 7) is -2.87. The van der Waals surface area contributed by atoms with E-state index in [4.69, 9.17) is 27.9 Å². The number of nitrogens with zero attached hydrogens (tertiary/aromatic N) is 6. The molecular weight excluding hydrogens is 605 g/mol. The lowest BCUT2D eigenvalue weighted by Gasteiger charge is -2.21. The summed E-state index contributed by atoms with van der Waals surface area (Å²) in [5.41, 5.74) is 0.637. The molecule has 1 atom stereocenters. The van der Waals surface area contributed by atoms with Crippen molar-refractivity contribution in [2.24, 2.45) is 0 Å². The van der Waals surface area contributed by atoms with Crippen molar-refractivity contribution in [3.8, 4) is 22.6 Å². The molecule has 10 nitrogen and oxygen atoms in total. The summed E-state index contributed by atoms with van der Waals surface area (Å²) in [5.74, 6) is -0.870. The molecule has 2 aromatic carbocycles. The smallest absolute Gasteiger partial charge is 0.333 e. The van der Waals surface area contributed by atoms with Crippen LogP contribution in [-0.4, -0.2) is 48.8 Å². The molecule has 0 saturated carbocycles. The second-order valence-corrected chi connectivity index (χ2v) is 9.76. The summed E-state index contributed by atoms with van der Waals surface area (Å²) in [5, 5.41) is 14.6. The number of benzene rings is 2. The highest BCUT2D eigenvalue weighted by atomic mass is 35.5. The summed E-state index contributed by atoms with van der Waals surface area (Å²) in [6, 6.07) is 8.35. The Morgan fingerprint density at radius 2 is 1.81 bits per heavy atom. The predicted molar refractivity (Wildman–Crippen MR) is 147 cm³/mol. The van der Waals surface area contributed by atoms with Gasteiger partial charge in [-0.05, 0) is 36.4 Å². The number of pyridine rings is 1. The van der Waals surface area contributed by atoms with E-state index in [0.717, 1.165) is 23.0 Å². The Labute approximate surface area is 244 Å². The molecule has 0 saturated heterocycles. The van der Waals surface area contributed by atoms with Crippen molar-refractivity contribution in [3.05, 3.63) is 81.6 Å². The lowest BCUT2D eigenvalue weighted by Crippen LogP contribution is -2.34. The molecule has 0 bridgehead atoms. The normalized spacial score (nSPS) is 12.3. The summed E-state index contributed by atoms with van der Waals surface area (Å²) >= 11 is 12.2. The van der Waals surface area contributed by atoms with Crippen molar-refractivity contribution in [2.75, 3.05) is 12.4 Å². The number of hydrogen-bond donors (Lipinski definition) is 1. The minimum Gasteiger partial charge on any atom is -0.495 e. The van der Waals surface area contributed by atoms with Crippen LogP contribution in [0.1, 0.15) is 19.0 Å². The Morgan fingerprint density at radius 1 is 1.02 bits per heavy atom. The van der Waals surface area contributed by atoms with E-state index in [9.17, 15) is 27.2 Å². The average molecular weight is 624 g/mol. The van der Waals surface area contributed by atoms with Crippen molar-refractivity contribution in [1.82, 2.24) is 29.3 Å². The van der Waals surface area contributed by atoms with Crippen LogP contribution in [0.5, 0.6) is 5.75 Å². The van der Waals surface area contributed by atoms with Gasteiger partial charge in [0.25, 0.3) is 5.56 Å². The lowest BCUT2D eigenvalue weighted by molar-refractivity contribution is -0.120. The number of nitrogens with one attached hydrogen (secondary N) is 1. The average Bonchev–Trinajstić information content (AvgIpc) is 3.57. The van der Waals surface area contributed by atoms with E-state index >= 15 is 0 Å². The van der Waals surface area contributed by atoms with Crippen LogP contribution in [-0.2, 0) is 4.79 Å². The third-order valence-corrected chi connectivity index (χ3v) is 6.66. The molecule has 218 valence electrons. The second-order valence-electron chi connectivity index (χ2n) is 8.94. The molecule has 1 amide bonds. The van der Waals surface area contributed by atoms with Gasteiger partial charge in [-0.25, -0.2) is 18.1 Å². The monoisotopic (exact) mass is 623 g/mol. The zero-order valence-corrected chi connectivity index (χ0v) is 22.9. The van der Waals surface area contributed by atoms with Crippen molar-refractivity contribution in [3.63, 3.8) is 0 Å². The van der Waals surface area contributed by atoms with Gasteiger partial charge in [0.15, 0.2) is 5.15 Å². The number of anilines is 1. The van der Waals surface area contributed by atoms with Crippen LogP contribution in [0.25, 0.3) is 27.7 Å². The number of hydrogen-bond acceptors (Lipinski definition) is 6. The summed E-state index contributed by atoms with van der Waals surface area (Å²) < 4.78 is 61.4. The highest BCUT2D eigenvalue weighted by Gasteiger charge is 2.28. The van der Waals surface area contributed by atoms with Gasteiger partial charge in [-0.1, -0.05) is 28.4 Å². The zero-order chi connectivity index (χ0) is 30.1. The van der Waals surface area contributed by atoms with E-state index in [-0.39, 0.29) is 33.1 Å². The maximum atomic E-state index is 13.7. The van der Waals surface area contributed by atoms with Gasteiger partial charge in [0.2, 0.25) is 12.3 Å². The second kappa shape index (κ2) is 11.8. The minimum atomic E-state index is -2.96. The van der Waals surface area contributed by atoms with Crippen molar-refractivity contribution >= 4 is 45.7 Å². The van der Waals surface area contributed by atoms with Crippen LogP contribution in [0.2, 0.25) is 10.2 Å². The quantitative estimate of drug-likeness (QED) is 0.202. The molecule has 0 aliphatic carbocycles. The van der Waals surface area contributed by atoms with E-state index in [2.05, 4.69) is 20.7 Å². The maximum Gasteiger partial charge on any atom is 0.333 e. The molecule has 3 aromatic heterocycles. The van der Waals surface area contributed by atoms with Gasteiger partial charge in [-0.3, -0.25) is 14.2 Å². The Hall–Kier alpha value is -4.43. The Bertz CT molecular complexity index is 1840. The van der Waals surface area contributed by atoms with Gasteiger partial charge < -0.3 is 10.1 Å². The highest BCUT2D eigenvalue weighted by molar-refractivity contribution is 6.31. The number of carbonyl (C=O) groups excluding carboxylic acids is 1. The van der Waals surface area contributed by atoms with Crippen LogP contribution >= 0.6 is 23.2 Å². The molecule has 5 aromatic rings. The van der Waals surface area contributed by atoms with Crippen LogP contribution in [0.3, 0.4) is 0 Å². The van der Waals surface area contributed by atoms with E-state index in [0.29, 0.717) is 21.0 Å². The molecule has 0 aliphatic heterocycles. The van der Waals surface area contributed by atoms with Crippen LogP contribution in [0, 0.1) is 0 Å². The summed E-state index contributed by atoms with van der Waals surface area (Å²) in [7, 11) is 1.31. The number of methoxy groups -OCH3 is 1. The summed E-state index contributed by atoms with van der Waals surface area (Å²) in [4.78, 5) is 26.6. The molecule has 3 heterocycles. The molecule has 1 unspecified atom stereocenters. The van der Waals surface area contributed by atoms with E-state index in [1.807, 2.05) is 0 Å². The molecule has 0 aliphatic rings. The van der Waals surface area contributed by atoms with Gasteiger partial charge in [-0.15, -0.1) is 5.10 Å². The Kier molecular flexibility index (Phi) is 8.18. The molecule has 16 heteroatoms. The van der Waals surface area contributed by atoms with Crippen molar-refractivity contribution in [2.45, 2.75) is 25.4 Å². The standard InChI is InChI=1S/C26H19Cl2F4N7O3/c1-42-21-11-37(24(40)8-17(21)16-7-14(27)2-5-19(16)38-12-22(28)34-36-38)20(9-23(29)30)25(41)33-15-3-4-18-13(6-15)10-39(35-18)26(31)32/h2-8,10-12,20,23,26H,9H2,1H3,(H,33,41). The number of fused-ring (bicyclic) bond motifs is 1. The molecular formula is C26H19Cl2F4N7O3. The Balaban J connectivity index is 1.53. The third kappa shape index (κ3) is 5.94. The topological polar surface area (TPSA) is 109 Å². The number of carbonyl (C=O) groups is 1. The number of amides is 1. The highest BCUT2D eigenvalue weighted by Crippen LogP contribution is 2.36. The molecule has 0 spiro atoms. The first-order chi connectivity index (χ1) is 20.0. The zero-order valence-electron chi connectivity index (χ0n) is 21.4. The molecule has 0 fully saturated rings. The molecule has 5 rings (SSSR count). The minimum absolute atomic E-state index is 0.0669. The van der Waals surface area contributed by atoms with Crippen molar-refractivity contribution < 1.29 is 27.1 Å². The van der Waals surface area contributed by atoms with Crippen LogP contribution in [0.4, 0.5) is 23.2 Å². The fraction of sp³-hybridized carbons (Fsp3) is 0.192. The lowest BCUT2D eigenvalue weighted by atomic mass is 10.0. The third-order valence-electron chi connectivity index (χ3n) is 6.25. The van der Waals surface area contributed by atoms with Crippen LogP contribution < -0.4 is 15.6 Å². The van der Waals surface area contributed by atoms with Gasteiger partial charge in [-0.2, -0.15) is 13.9 Å². The first kappa shape index (κ1) is 29.1. The SMILES string of the molecule is COc1cn(C(CC(F)F)C(=O)Nc2ccc3nn(C(F)F)cc3c2)c(=O)cc1-c1cc(Cl)ccc1-n1cc(Cl)nn1. The number of rotatable bonds is 9. The van der Waals surface area contributed by atoms with Crippen molar-refractivity contribution in [1.29, 1.82) is 0 Å². The first-order valence-corrected chi connectivity index (χ1v) is 12.8. The fourth-order valence-electron chi connectivity index (χ4n) is 4.39. The molecule has 1 N–H and O–H groups in total. The maximum absolute atomic E-state index is 13.7. The van der Waals surface area contributed by atoms with Gasteiger partial charge in [0.1, 0.15) is 11.8 Å². The van der Waals surface area contributed by atoms with E-state index < -0.39 is 36.9 Å². The van der Waals surface area contributed by atoms with Crippen LogP contribution in [0.15, 0.2) is 65.8 Å². The number of halogens is 6. The Morgan fingerprint density at radius 3 is 2.48 bits per heavy atom. The van der Waals surface area contributed by atoms with E-state index in [1.54, 1.807) is 18.2 Å². The fourth-order valence-corrected chi connectivity index (χ4v) is 4.69. The summed E-state index contributed by atoms with van der Waals surface area (Å²) in [6.07, 6.45) is -0.293. The van der Waals surface area contributed by atoms with Gasteiger partial charge in [0, 0.05) is 45.9 Å².